The lowest BCUT2D eigenvalue weighted by Gasteiger charge is -2.19. The summed E-state index contributed by atoms with van der Waals surface area (Å²) < 4.78 is 1.88. The molecular weight excluding hydrogens is 382 g/mol. The standard InChI is InChI=1S/C21H23N7O2/c22-17-4-2-11-1-3-13(8-15(11)27-17)24-9-12-7-16(19(30)18(12)29)28-6-5-14-20(23)25-10-26-21(14)28/h1-6,8,10,12,16,18-19,24,29-30H,7,9H2,(H2,22,27)(H2,23,25,26)/t12-,16-,18-,19+/m1/s1. The predicted molar refractivity (Wildman–Crippen MR) is 116 cm³/mol. The fourth-order valence-corrected chi connectivity index (χ4v) is 4.33. The number of anilines is 3. The first-order valence-corrected chi connectivity index (χ1v) is 9.84. The average molecular weight is 405 g/mol. The van der Waals surface area contributed by atoms with Crippen LogP contribution in [0.25, 0.3) is 21.9 Å². The Bertz CT molecular complexity index is 1220. The fraction of sp³-hybridized carbons (Fsp3) is 0.286. The summed E-state index contributed by atoms with van der Waals surface area (Å²) >= 11 is 0. The van der Waals surface area contributed by atoms with Crippen molar-refractivity contribution < 1.29 is 10.2 Å². The number of benzene rings is 1. The van der Waals surface area contributed by atoms with Crippen LogP contribution in [-0.2, 0) is 0 Å². The summed E-state index contributed by atoms with van der Waals surface area (Å²) in [6.07, 6.45) is 2.09. The molecule has 5 rings (SSSR count). The Morgan fingerprint density at radius 1 is 1.07 bits per heavy atom. The molecule has 4 atom stereocenters. The first kappa shape index (κ1) is 18.6. The van der Waals surface area contributed by atoms with E-state index in [-0.39, 0.29) is 12.0 Å². The number of fused-ring (bicyclic) bond motifs is 2. The first-order chi connectivity index (χ1) is 14.5. The minimum atomic E-state index is -0.901. The number of aromatic nitrogens is 4. The molecule has 0 saturated heterocycles. The second kappa shape index (κ2) is 7.12. The molecule has 154 valence electrons. The molecule has 0 aliphatic heterocycles. The van der Waals surface area contributed by atoms with Crippen molar-refractivity contribution in [1.29, 1.82) is 0 Å². The number of nitrogens with zero attached hydrogens (tertiary/aromatic N) is 4. The molecule has 1 aromatic carbocycles. The highest BCUT2D eigenvalue weighted by atomic mass is 16.3. The van der Waals surface area contributed by atoms with Crippen LogP contribution in [0.4, 0.5) is 17.3 Å². The molecule has 0 spiro atoms. The topological polar surface area (TPSA) is 148 Å². The Balaban J connectivity index is 1.34. The van der Waals surface area contributed by atoms with Gasteiger partial charge in [-0.25, -0.2) is 15.0 Å². The van der Waals surface area contributed by atoms with Crippen molar-refractivity contribution in [3.63, 3.8) is 0 Å². The van der Waals surface area contributed by atoms with Crippen molar-refractivity contribution in [3.05, 3.63) is 48.9 Å². The maximum absolute atomic E-state index is 10.7. The molecule has 0 bridgehead atoms. The number of nitrogens with two attached hydrogens (primary N) is 2. The van der Waals surface area contributed by atoms with Gasteiger partial charge in [-0.15, -0.1) is 0 Å². The van der Waals surface area contributed by atoms with Crippen LogP contribution in [0.3, 0.4) is 0 Å². The molecule has 3 heterocycles. The Morgan fingerprint density at radius 2 is 1.90 bits per heavy atom. The molecule has 30 heavy (non-hydrogen) atoms. The smallest absolute Gasteiger partial charge is 0.145 e. The third-order valence-electron chi connectivity index (χ3n) is 5.95. The minimum absolute atomic E-state index is 0.133. The van der Waals surface area contributed by atoms with E-state index in [4.69, 9.17) is 11.5 Å². The van der Waals surface area contributed by atoms with Crippen LogP contribution in [0.15, 0.2) is 48.9 Å². The van der Waals surface area contributed by atoms with Gasteiger partial charge >= 0.3 is 0 Å². The zero-order chi connectivity index (χ0) is 20.8. The van der Waals surface area contributed by atoms with Gasteiger partial charge in [0.15, 0.2) is 0 Å². The van der Waals surface area contributed by atoms with Crippen LogP contribution in [0.1, 0.15) is 12.5 Å². The Kier molecular flexibility index (Phi) is 4.41. The van der Waals surface area contributed by atoms with Gasteiger partial charge in [-0.3, -0.25) is 0 Å². The molecule has 1 aliphatic carbocycles. The molecule has 0 amide bonds. The van der Waals surface area contributed by atoms with E-state index in [1.54, 1.807) is 6.07 Å². The largest absolute Gasteiger partial charge is 0.390 e. The van der Waals surface area contributed by atoms with Crippen molar-refractivity contribution >= 4 is 39.3 Å². The van der Waals surface area contributed by atoms with Crippen molar-refractivity contribution in [2.45, 2.75) is 24.7 Å². The van der Waals surface area contributed by atoms with E-state index >= 15 is 0 Å². The van der Waals surface area contributed by atoms with Gasteiger partial charge in [0.1, 0.15) is 29.7 Å². The molecule has 4 aromatic rings. The summed E-state index contributed by atoms with van der Waals surface area (Å²) in [6.45, 7) is 0.513. The highest BCUT2D eigenvalue weighted by Gasteiger charge is 2.42. The van der Waals surface area contributed by atoms with Crippen molar-refractivity contribution in [2.24, 2.45) is 5.92 Å². The van der Waals surface area contributed by atoms with Crippen LogP contribution in [-0.4, -0.2) is 48.5 Å². The average Bonchev–Trinajstić information content (AvgIpc) is 3.29. The van der Waals surface area contributed by atoms with E-state index in [9.17, 15) is 10.2 Å². The van der Waals surface area contributed by atoms with E-state index in [0.29, 0.717) is 30.2 Å². The van der Waals surface area contributed by atoms with Crippen molar-refractivity contribution in [3.8, 4) is 0 Å². The van der Waals surface area contributed by atoms with Gasteiger partial charge in [0, 0.05) is 29.7 Å². The second-order valence-corrected chi connectivity index (χ2v) is 7.79. The second-order valence-electron chi connectivity index (χ2n) is 7.79. The van der Waals surface area contributed by atoms with E-state index in [0.717, 1.165) is 22.0 Å². The number of nitrogen functional groups attached to an aromatic ring is 2. The molecular formula is C21H23N7O2. The van der Waals surface area contributed by atoms with Gasteiger partial charge in [-0.05, 0) is 36.8 Å². The van der Waals surface area contributed by atoms with Gasteiger partial charge in [0.05, 0.1) is 23.0 Å². The zero-order valence-electron chi connectivity index (χ0n) is 16.2. The third kappa shape index (κ3) is 3.08. The highest BCUT2D eigenvalue weighted by molar-refractivity contribution is 5.86. The Hall–Kier alpha value is -3.43. The van der Waals surface area contributed by atoms with Crippen molar-refractivity contribution in [2.75, 3.05) is 23.3 Å². The number of aliphatic hydroxyl groups is 2. The van der Waals surface area contributed by atoms with Crippen molar-refractivity contribution in [1.82, 2.24) is 19.5 Å². The molecule has 0 unspecified atom stereocenters. The first-order valence-electron chi connectivity index (χ1n) is 9.84. The molecule has 9 nitrogen and oxygen atoms in total. The van der Waals surface area contributed by atoms with Crippen LogP contribution in [0.5, 0.6) is 0 Å². The molecule has 1 fully saturated rings. The van der Waals surface area contributed by atoms with Gasteiger partial charge < -0.3 is 31.6 Å². The minimum Gasteiger partial charge on any atom is -0.390 e. The van der Waals surface area contributed by atoms with E-state index in [1.165, 1.54) is 6.33 Å². The number of pyridine rings is 1. The SMILES string of the molecule is Nc1ccc2ccc(NC[C@H]3C[C@@H](n4ccc5c(N)ncnc54)[C@H](O)[C@@H]3O)cc2n1. The van der Waals surface area contributed by atoms with Crippen LogP contribution in [0.2, 0.25) is 0 Å². The number of hydrogen-bond donors (Lipinski definition) is 5. The number of rotatable bonds is 4. The lowest BCUT2D eigenvalue weighted by molar-refractivity contribution is 0.00884. The van der Waals surface area contributed by atoms with Crippen LogP contribution < -0.4 is 16.8 Å². The van der Waals surface area contributed by atoms with Gasteiger partial charge in [0.2, 0.25) is 0 Å². The summed E-state index contributed by atoms with van der Waals surface area (Å²) in [5.41, 5.74) is 14.1. The Morgan fingerprint density at radius 3 is 2.77 bits per heavy atom. The molecule has 1 aliphatic rings. The van der Waals surface area contributed by atoms with E-state index in [2.05, 4.69) is 20.3 Å². The van der Waals surface area contributed by atoms with E-state index < -0.39 is 12.2 Å². The summed E-state index contributed by atoms with van der Waals surface area (Å²) in [7, 11) is 0. The summed E-state index contributed by atoms with van der Waals surface area (Å²) in [4.78, 5) is 12.7. The number of hydrogen-bond acceptors (Lipinski definition) is 8. The summed E-state index contributed by atoms with van der Waals surface area (Å²) in [6, 6.07) is 11.1. The third-order valence-corrected chi connectivity index (χ3v) is 5.95. The fourth-order valence-electron chi connectivity index (χ4n) is 4.33. The highest BCUT2D eigenvalue weighted by Crippen LogP contribution is 2.37. The van der Waals surface area contributed by atoms with Gasteiger partial charge in [-0.1, -0.05) is 6.07 Å². The van der Waals surface area contributed by atoms with E-state index in [1.807, 2.05) is 41.1 Å². The molecule has 1 saturated carbocycles. The maximum Gasteiger partial charge on any atom is 0.145 e. The quantitative estimate of drug-likeness (QED) is 0.343. The monoisotopic (exact) mass is 405 g/mol. The molecule has 0 radical (unpaired) electrons. The maximum atomic E-state index is 10.7. The number of aliphatic hydroxyl groups excluding tert-OH is 2. The zero-order valence-corrected chi connectivity index (χ0v) is 16.2. The predicted octanol–water partition coefficient (Wildman–Crippen LogP) is 1.54. The lowest BCUT2D eigenvalue weighted by atomic mass is 10.1. The molecule has 7 N–H and O–H groups in total. The normalized spacial score (nSPS) is 23.9. The Labute approximate surface area is 172 Å². The van der Waals surface area contributed by atoms with Crippen LogP contribution in [0, 0.1) is 5.92 Å². The summed E-state index contributed by atoms with van der Waals surface area (Å²) in [5.74, 6) is 0.738. The van der Waals surface area contributed by atoms with Crippen LogP contribution >= 0.6 is 0 Å². The van der Waals surface area contributed by atoms with Gasteiger partial charge in [-0.2, -0.15) is 0 Å². The summed E-state index contributed by atoms with van der Waals surface area (Å²) in [5, 5.41) is 26.5. The molecule has 3 aromatic heterocycles. The number of nitrogens with one attached hydrogen (secondary N) is 1. The van der Waals surface area contributed by atoms with Gasteiger partial charge in [0.25, 0.3) is 0 Å². The lowest BCUT2D eigenvalue weighted by Crippen LogP contribution is -2.31. The molecule has 9 heteroatoms.